The Labute approximate surface area is 78.0 Å². The highest BCUT2D eigenvalue weighted by Crippen LogP contribution is 2.09. The molecule has 2 rings (SSSR count). The molecule has 0 aliphatic carbocycles. The topological polar surface area (TPSA) is 63.6 Å². The van der Waals surface area contributed by atoms with Crippen molar-refractivity contribution in [2.24, 2.45) is 0 Å². The molecule has 13 heavy (non-hydrogen) atoms. The zero-order valence-electron chi connectivity index (χ0n) is 6.44. The predicted octanol–water partition coefficient (Wildman–Crippen LogP) is 0.609. The summed E-state index contributed by atoms with van der Waals surface area (Å²) < 4.78 is 1.43. The number of nitrogens with zero attached hydrogens (tertiary/aromatic N) is 3. The van der Waals surface area contributed by atoms with Crippen LogP contribution in [-0.2, 0) is 0 Å². The summed E-state index contributed by atoms with van der Waals surface area (Å²) in [4.78, 5) is 17.3. The molecular formula is C7H5ClN4O. The molecule has 0 bridgehead atoms. The quantitative estimate of drug-likeness (QED) is 0.727. The van der Waals surface area contributed by atoms with Crippen molar-refractivity contribution in [3.63, 3.8) is 0 Å². The van der Waals surface area contributed by atoms with Crippen molar-refractivity contribution in [2.75, 3.05) is 0 Å². The van der Waals surface area contributed by atoms with Crippen LogP contribution in [0.2, 0.25) is 5.02 Å². The number of aromatic nitrogens is 4. The molecule has 0 atom stereocenters. The van der Waals surface area contributed by atoms with Crippen LogP contribution >= 0.6 is 11.6 Å². The SMILES string of the molecule is O=c1[nH]cnc(-n2cccn2)c1Cl. The van der Waals surface area contributed by atoms with Crippen molar-refractivity contribution < 1.29 is 0 Å². The summed E-state index contributed by atoms with van der Waals surface area (Å²) in [6.45, 7) is 0. The van der Waals surface area contributed by atoms with Gasteiger partial charge in [0.05, 0.1) is 6.33 Å². The minimum Gasteiger partial charge on any atom is -0.312 e. The Morgan fingerprint density at radius 1 is 1.54 bits per heavy atom. The molecule has 66 valence electrons. The monoisotopic (exact) mass is 196 g/mol. The van der Waals surface area contributed by atoms with Gasteiger partial charge in [-0.1, -0.05) is 11.6 Å². The molecule has 1 N–H and O–H groups in total. The van der Waals surface area contributed by atoms with Crippen LogP contribution in [-0.4, -0.2) is 19.7 Å². The fourth-order valence-electron chi connectivity index (χ4n) is 0.927. The van der Waals surface area contributed by atoms with E-state index in [0.717, 1.165) is 0 Å². The Balaban J connectivity index is 2.66. The van der Waals surface area contributed by atoms with Gasteiger partial charge in [0.15, 0.2) is 10.8 Å². The van der Waals surface area contributed by atoms with Crippen molar-refractivity contribution in [3.05, 3.63) is 40.2 Å². The zero-order valence-corrected chi connectivity index (χ0v) is 7.19. The van der Waals surface area contributed by atoms with Crippen LogP contribution in [0.5, 0.6) is 0 Å². The Bertz CT molecular complexity index is 462. The summed E-state index contributed by atoms with van der Waals surface area (Å²) >= 11 is 5.72. The van der Waals surface area contributed by atoms with Gasteiger partial charge in [-0.05, 0) is 6.07 Å². The van der Waals surface area contributed by atoms with E-state index in [1.54, 1.807) is 18.5 Å². The second-order valence-electron chi connectivity index (χ2n) is 2.32. The van der Waals surface area contributed by atoms with Gasteiger partial charge in [-0.2, -0.15) is 5.10 Å². The highest BCUT2D eigenvalue weighted by atomic mass is 35.5. The van der Waals surface area contributed by atoms with Gasteiger partial charge in [0.1, 0.15) is 0 Å². The number of rotatable bonds is 1. The van der Waals surface area contributed by atoms with E-state index in [9.17, 15) is 4.79 Å². The molecule has 6 heteroatoms. The lowest BCUT2D eigenvalue weighted by Crippen LogP contribution is -2.11. The lowest BCUT2D eigenvalue weighted by Gasteiger charge is -1.99. The van der Waals surface area contributed by atoms with Gasteiger partial charge < -0.3 is 4.98 Å². The third-order valence-corrected chi connectivity index (χ3v) is 1.84. The van der Waals surface area contributed by atoms with Crippen molar-refractivity contribution in [1.29, 1.82) is 0 Å². The molecule has 0 fully saturated rings. The van der Waals surface area contributed by atoms with Crippen LogP contribution in [0.15, 0.2) is 29.6 Å². The minimum atomic E-state index is -0.373. The van der Waals surface area contributed by atoms with Gasteiger partial charge in [0.2, 0.25) is 0 Å². The molecule has 2 heterocycles. The molecule has 2 aromatic heterocycles. The van der Waals surface area contributed by atoms with Gasteiger partial charge in [0.25, 0.3) is 5.56 Å². The van der Waals surface area contributed by atoms with Crippen molar-refractivity contribution in [1.82, 2.24) is 19.7 Å². The highest BCUT2D eigenvalue weighted by molar-refractivity contribution is 6.31. The molecule has 0 aromatic carbocycles. The van der Waals surface area contributed by atoms with Crippen molar-refractivity contribution >= 4 is 11.6 Å². The van der Waals surface area contributed by atoms with Crippen molar-refractivity contribution in [3.8, 4) is 5.82 Å². The summed E-state index contributed by atoms with van der Waals surface area (Å²) in [6, 6.07) is 1.72. The van der Waals surface area contributed by atoms with Crippen LogP contribution in [0.3, 0.4) is 0 Å². The van der Waals surface area contributed by atoms with E-state index in [1.807, 2.05) is 0 Å². The van der Waals surface area contributed by atoms with E-state index >= 15 is 0 Å². The van der Waals surface area contributed by atoms with Gasteiger partial charge in [0, 0.05) is 12.4 Å². The molecule has 0 saturated carbocycles. The summed E-state index contributed by atoms with van der Waals surface area (Å²) in [7, 11) is 0. The van der Waals surface area contributed by atoms with Gasteiger partial charge in [-0.15, -0.1) is 0 Å². The number of halogens is 1. The van der Waals surface area contributed by atoms with Gasteiger partial charge in [-0.25, -0.2) is 9.67 Å². The van der Waals surface area contributed by atoms with E-state index < -0.39 is 0 Å². The molecule has 0 amide bonds. The molecule has 0 saturated heterocycles. The largest absolute Gasteiger partial charge is 0.312 e. The lowest BCUT2D eigenvalue weighted by atomic mass is 10.5. The summed E-state index contributed by atoms with van der Waals surface area (Å²) in [5.74, 6) is 0.329. The Hall–Kier alpha value is -1.62. The molecular weight excluding hydrogens is 192 g/mol. The van der Waals surface area contributed by atoms with Crippen LogP contribution in [0.4, 0.5) is 0 Å². The van der Waals surface area contributed by atoms with E-state index in [2.05, 4.69) is 15.1 Å². The van der Waals surface area contributed by atoms with Gasteiger partial charge >= 0.3 is 0 Å². The van der Waals surface area contributed by atoms with E-state index in [-0.39, 0.29) is 10.6 Å². The number of nitrogens with one attached hydrogen (secondary N) is 1. The number of hydrogen-bond donors (Lipinski definition) is 1. The number of H-pyrrole nitrogens is 1. The maximum Gasteiger partial charge on any atom is 0.271 e. The average molecular weight is 197 g/mol. The van der Waals surface area contributed by atoms with Gasteiger partial charge in [-0.3, -0.25) is 4.79 Å². The molecule has 0 radical (unpaired) electrons. The number of hydrogen-bond acceptors (Lipinski definition) is 3. The third kappa shape index (κ3) is 1.33. The predicted molar refractivity (Wildman–Crippen MR) is 47.0 cm³/mol. The zero-order chi connectivity index (χ0) is 9.26. The van der Waals surface area contributed by atoms with Crippen molar-refractivity contribution in [2.45, 2.75) is 0 Å². The Kier molecular flexibility index (Phi) is 1.86. The maximum atomic E-state index is 11.1. The third-order valence-electron chi connectivity index (χ3n) is 1.50. The fourth-order valence-corrected chi connectivity index (χ4v) is 1.12. The first kappa shape index (κ1) is 8.00. The molecule has 0 unspecified atom stereocenters. The molecule has 5 nitrogen and oxygen atoms in total. The van der Waals surface area contributed by atoms with E-state index in [4.69, 9.17) is 11.6 Å². The molecule has 0 aliphatic heterocycles. The first-order valence-electron chi connectivity index (χ1n) is 3.52. The standard InChI is InChI=1S/C7H5ClN4O/c8-5-6(9-4-10-7(5)13)12-3-1-2-11-12/h1-4H,(H,9,10,13). The van der Waals surface area contributed by atoms with Crippen LogP contribution in [0, 0.1) is 0 Å². The Morgan fingerprint density at radius 3 is 3.08 bits per heavy atom. The summed E-state index contributed by atoms with van der Waals surface area (Å²) in [5.41, 5.74) is -0.373. The minimum absolute atomic E-state index is 0.0335. The highest BCUT2D eigenvalue weighted by Gasteiger charge is 2.06. The fraction of sp³-hybridized carbons (Fsp3) is 0. The first-order valence-corrected chi connectivity index (χ1v) is 3.90. The maximum absolute atomic E-state index is 11.1. The molecule has 2 aromatic rings. The normalized spacial score (nSPS) is 10.2. The molecule has 0 spiro atoms. The Morgan fingerprint density at radius 2 is 2.38 bits per heavy atom. The molecule has 0 aliphatic rings. The van der Waals surface area contributed by atoms with Crippen LogP contribution < -0.4 is 5.56 Å². The lowest BCUT2D eigenvalue weighted by molar-refractivity contribution is 0.835. The number of aromatic amines is 1. The smallest absolute Gasteiger partial charge is 0.271 e. The summed E-state index contributed by atoms with van der Waals surface area (Å²) in [6.07, 6.45) is 4.53. The van der Waals surface area contributed by atoms with E-state index in [0.29, 0.717) is 5.82 Å². The second kappa shape index (κ2) is 3.02. The first-order chi connectivity index (χ1) is 6.29. The van der Waals surface area contributed by atoms with Crippen LogP contribution in [0.1, 0.15) is 0 Å². The summed E-state index contributed by atoms with van der Waals surface area (Å²) in [5, 5.41) is 3.94. The van der Waals surface area contributed by atoms with Crippen LogP contribution in [0.25, 0.3) is 5.82 Å². The second-order valence-corrected chi connectivity index (χ2v) is 2.70. The van der Waals surface area contributed by atoms with E-state index in [1.165, 1.54) is 11.0 Å². The average Bonchev–Trinajstić information content (AvgIpc) is 2.62.